The predicted molar refractivity (Wildman–Crippen MR) is 183 cm³/mol. The molecule has 2 aliphatic heterocycles. The van der Waals surface area contributed by atoms with Crippen LogP contribution >= 0.6 is 0 Å². The summed E-state index contributed by atoms with van der Waals surface area (Å²) in [6.45, 7) is 20.2. The van der Waals surface area contributed by atoms with Crippen molar-refractivity contribution in [2.45, 2.75) is 97.9 Å². The molecule has 5 heteroatoms. The van der Waals surface area contributed by atoms with Crippen LogP contribution in [0, 0.1) is 0 Å². The van der Waals surface area contributed by atoms with E-state index in [9.17, 15) is 0 Å². The van der Waals surface area contributed by atoms with E-state index in [1.54, 1.807) is 0 Å². The van der Waals surface area contributed by atoms with Crippen molar-refractivity contribution in [2.24, 2.45) is 0 Å². The van der Waals surface area contributed by atoms with Crippen LogP contribution in [-0.2, 0) is 8.62 Å². The fourth-order valence-corrected chi connectivity index (χ4v) is 24.8. The van der Waals surface area contributed by atoms with Crippen molar-refractivity contribution < 1.29 is 8.62 Å². The molecule has 5 rings (SSSR count). The number of hydrogen-bond acceptors (Lipinski definition) is 2. The summed E-state index contributed by atoms with van der Waals surface area (Å²) in [6, 6.07) is 16.4. The Bertz CT molecular complexity index is 1430. The SMILES string of the molecule is C1=Cc2cc3ccc(cc4nc(cc5ccc(cc1n2)[nH]5)C=C4)[nH]3.C[CH2][Mn]([CH2]C)([CH2]C)([CH2]C)([CH2]C)([CH2]C)([CH2]C)[CH2]C. The van der Waals surface area contributed by atoms with E-state index in [0.29, 0.717) is 0 Å². The summed E-state index contributed by atoms with van der Waals surface area (Å²) in [5, 5.41) is 11.6. The number of aromatic nitrogens is 4. The van der Waals surface area contributed by atoms with E-state index in [2.05, 4.69) is 99.6 Å². The van der Waals surface area contributed by atoms with Gasteiger partial charge < -0.3 is 9.97 Å². The maximum atomic E-state index is 4.63. The molecule has 3 aromatic rings. The number of aromatic amines is 2. The molecular weight excluding hydrogens is 543 g/mol. The van der Waals surface area contributed by atoms with Crippen LogP contribution in [0.3, 0.4) is 0 Å². The van der Waals surface area contributed by atoms with E-state index in [1.807, 2.05) is 48.6 Å². The van der Waals surface area contributed by atoms with Gasteiger partial charge in [-0.2, -0.15) is 0 Å². The first-order chi connectivity index (χ1) is 19.5. The minimum atomic E-state index is -3.44. The number of hydrogen-bond donors (Lipinski definition) is 2. The van der Waals surface area contributed by atoms with Crippen LogP contribution in [0.4, 0.5) is 0 Å². The van der Waals surface area contributed by atoms with Crippen LogP contribution in [-0.4, -0.2) is 19.9 Å². The molecule has 0 unspecified atom stereocenters. The van der Waals surface area contributed by atoms with Gasteiger partial charge in [0.15, 0.2) is 0 Å². The summed E-state index contributed by atoms with van der Waals surface area (Å²) in [5.41, 5.74) is 7.86. The van der Waals surface area contributed by atoms with E-state index < -0.39 is 8.62 Å². The molecule has 0 saturated carbocycles. The average Bonchev–Trinajstić information content (AvgIpc) is 3.85. The van der Waals surface area contributed by atoms with Crippen molar-refractivity contribution in [3.05, 3.63) is 71.3 Å². The zero-order valence-corrected chi connectivity index (χ0v) is 28.0. The monoisotopic (exact) mass is 597 g/mol. The Labute approximate surface area is 243 Å². The topological polar surface area (TPSA) is 57.4 Å². The summed E-state index contributed by atoms with van der Waals surface area (Å²) in [6.07, 6.45) is 8.09. The summed E-state index contributed by atoms with van der Waals surface area (Å²) in [4.78, 5) is 16.0. The normalized spacial score (nSPS) is 16.6. The van der Waals surface area contributed by atoms with Crippen molar-refractivity contribution in [3.63, 3.8) is 0 Å². The third kappa shape index (κ3) is 4.14. The first kappa shape index (κ1) is 31.1. The Kier molecular flexibility index (Phi) is 6.86. The molecule has 0 amide bonds. The summed E-state index contributed by atoms with van der Waals surface area (Å²) < 4.78 is 0. The Morgan fingerprint density at radius 1 is 0.415 bits per heavy atom. The van der Waals surface area contributed by atoms with Crippen LogP contribution in [0.1, 0.15) is 78.2 Å². The Balaban J connectivity index is 0.000000204. The fourth-order valence-electron chi connectivity index (χ4n) is 8.23. The van der Waals surface area contributed by atoms with Gasteiger partial charge in [-0.15, -0.1) is 0 Å². The molecule has 0 aliphatic carbocycles. The van der Waals surface area contributed by atoms with Crippen molar-refractivity contribution in [3.8, 4) is 0 Å². The Hall–Kier alpha value is -2.88. The molecule has 5 heterocycles. The van der Waals surface area contributed by atoms with Crippen molar-refractivity contribution >= 4 is 46.4 Å². The standard InChI is InChI=1S/C20H14N4.8C2H5.Mn/c1-2-14-10-16-5-6-18(23-16)12-20-8-7-19(24-20)11-17-4-3-15(22-17)9-13(1)21-14;8*1-2;/h1-12,21,24H;8*1H2,2H3;. The molecule has 3 aromatic heterocycles. The molecule has 2 aliphatic rings. The second-order valence-corrected chi connectivity index (χ2v) is 36.5. The van der Waals surface area contributed by atoms with Gasteiger partial charge in [0.2, 0.25) is 0 Å². The second kappa shape index (κ2) is 9.06. The zero-order valence-electron chi connectivity index (χ0n) is 26.9. The number of nitrogens with zero attached hydrogens (tertiary/aromatic N) is 2. The molecule has 8 bridgehead atoms. The first-order valence-corrected chi connectivity index (χ1v) is 22.3. The molecule has 41 heavy (non-hydrogen) atoms. The first-order valence-electron chi connectivity index (χ1n) is 15.6. The molecule has 0 saturated heterocycles. The number of fused-ring (bicyclic) bond motifs is 8. The van der Waals surface area contributed by atoms with Gasteiger partial charge in [0.25, 0.3) is 0 Å². The Morgan fingerprint density at radius 2 is 0.634 bits per heavy atom. The van der Waals surface area contributed by atoms with Gasteiger partial charge in [-0.05, 0) is 72.8 Å². The van der Waals surface area contributed by atoms with Gasteiger partial charge in [0.1, 0.15) is 0 Å². The van der Waals surface area contributed by atoms with Gasteiger partial charge in [-0.25, -0.2) is 9.97 Å². The summed E-state index contributed by atoms with van der Waals surface area (Å²) in [5.74, 6) is 0. The average molecular weight is 598 g/mol. The third-order valence-corrected chi connectivity index (χ3v) is 47.7. The maximum absolute atomic E-state index is 4.63. The Morgan fingerprint density at radius 3 is 0.805 bits per heavy atom. The molecule has 0 fully saturated rings. The zero-order chi connectivity index (χ0) is 29.9. The molecule has 0 spiro atoms. The van der Waals surface area contributed by atoms with Crippen LogP contribution < -0.4 is 0 Å². The van der Waals surface area contributed by atoms with Crippen molar-refractivity contribution in [2.75, 3.05) is 0 Å². The van der Waals surface area contributed by atoms with Gasteiger partial charge >= 0.3 is 107 Å². The van der Waals surface area contributed by atoms with E-state index in [4.69, 9.17) is 0 Å². The van der Waals surface area contributed by atoms with Crippen LogP contribution in [0.15, 0.2) is 48.5 Å². The number of nitrogens with one attached hydrogen (secondary N) is 2. The number of H-pyrrole nitrogens is 2. The third-order valence-electron chi connectivity index (χ3n) is 14.6. The van der Waals surface area contributed by atoms with Gasteiger partial charge in [0, 0.05) is 22.1 Å². The van der Waals surface area contributed by atoms with Gasteiger partial charge in [-0.1, -0.05) is 0 Å². The van der Waals surface area contributed by atoms with E-state index in [1.165, 1.54) is 42.6 Å². The van der Waals surface area contributed by atoms with Crippen LogP contribution in [0.2, 0.25) is 42.6 Å². The summed E-state index contributed by atoms with van der Waals surface area (Å²) >= 11 is 0. The van der Waals surface area contributed by atoms with E-state index in [-0.39, 0.29) is 0 Å². The number of rotatable bonds is 8. The second-order valence-electron chi connectivity index (χ2n) is 13.3. The minimum absolute atomic E-state index is 0.939. The van der Waals surface area contributed by atoms with Gasteiger partial charge in [0.05, 0.1) is 22.8 Å². The molecular formula is C36H54MnN4. The fraction of sp³-hybridized carbons (Fsp3) is 0.444. The summed E-state index contributed by atoms with van der Waals surface area (Å²) in [7, 11) is -3.44. The van der Waals surface area contributed by atoms with E-state index >= 15 is 0 Å². The molecule has 0 radical (unpaired) electrons. The molecule has 225 valence electrons. The van der Waals surface area contributed by atoms with Gasteiger partial charge in [-0.3, -0.25) is 0 Å². The molecule has 0 atom stereocenters. The predicted octanol–water partition coefficient (Wildman–Crippen LogP) is 12.4. The van der Waals surface area contributed by atoms with Crippen LogP contribution in [0.25, 0.3) is 46.4 Å². The molecule has 2 N–H and O–H groups in total. The quantitative estimate of drug-likeness (QED) is 0.175. The molecule has 4 nitrogen and oxygen atoms in total. The van der Waals surface area contributed by atoms with Crippen LogP contribution in [0.5, 0.6) is 0 Å². The van der Waals surface area contributed by atoms with Crippen molar-refractivity contribution in [1.29, 1.82) is 0 Å². The molecule has 0 aromatic carbocycles. The van der Waals surface area contributed by atoms with Crippen molar-refractivity contribution in [1.82, 2.24) is 19.9 Å². The van der Waals surface area contributed by atoms with E-state index in [0.717, 1.165) is 44.8 Å².